The van der Waals surface area contributed by atoms with Gasteiger partial charge in [-0.3, -0.25) is 9.59 Å². The molecule has 0 aromatic carbocycles. The summed E-state index contributed by atoms with van der Waals surface area (Å²) < 4.78 is 136. The third-order valence-corrected chi connectivity index (χ3v) is 2.64. The maximum absolute atomic E-state index is 11.3. The molecule has 6 nitrogen and oxygen atoms in total. The standard InChI is InChI=1S/C6H16N2.2C5H2F6O2.Zn/c1-7(2)5-6-8(3)4;2*6-4(7,8)2(12)1-3(13)5(9,10)11;/h5-6H2,1-4H3;2*1,12H;/q;;;+2/p-2/b;2*2-1-;. The van der Waals surface area contributed by atoms with Gasteiger partial charge >= 0.3 is 44.2 Å². The minimum Gasteiger partial charge on any atom is -0.869 e. The first kappa shape index (κ1) is 40.3. The maximum atomic E-state index is 11.3. The molecular weight excluding hydrogens is 578 g/mol. The van der Waals surface area contributed by atoms with Crippen LogP contribution in [0.15, 0.2) is 23.7 Å². The number of likely N-dealkylation sites (N-methyl/N-ethyl adjacent to an activating group) is 2. The van der Waals surface area contributed by atoms with E-state index in [0.717, 1.165) is 13.1 Å². The predicted molar refractivity (Wildman–Crippen MR) is 87.5 cm³/mol. The fourth-order valence-electron chi connectivity index (χ4n) is 0.965. The van der Waals surface area contributed by atoms with Gasteiger partial charge in [-0.2, -0.15) is 52.7 Å². The zero-order valence-electron chi connectivity index (χ0n) is 18.3. The quantitative estimate of drug-likeness (QED) is 0.209. The van der Waals surface area contributed by atoms with E-state index >= 15 is 0 Å². The maximum Gasteiger partial charge on any atom is 2.00 e. The molecule has 0 fully saturated rings. The summed E-state index contributed by atoms with van der Waals surface area (Å²) in [6.07, 6.45) is -23.9. The number of alkyl halides is 12. The summed E-state index contributed by atoms with van der Waals surface area (Å²) >= 11 is 0. The molecule has 0 aromatic rings. The Balaban J connectivity index is -0.000000209. The molecule has 0 saturated heterocycles. The second-order valence-electron chi connectivity index (χ2n) is 6.34. The van der Waals surface area contributed by atoms with Crippen LogP contribution in [0.4, 0.5) is 52.7 Å². The van der Waals surface area contributed by atoms with Crippen LogP contribution in [0, 0.1) is 0 Å². The molecule has 0 aliphatic carbocycles. The summed E-state index contributed by atoms with van der Waals surface area (Å²) in [5, 5.41) is 19.6. The Bertz CT molecular complexity index is 649. The Labute approximate surface area is 203 Å². The SMILES string of the molecule is CN(C)CCN(C)C.O=C(/C=C(\[O-])C(F)(F)F)C(F)(F)F.O=C(/C=C(\[O-])C(F)(F)F)C(F)(F)F.[Zn+2]. The number of hydrogen-bond donors (Lipinski definition) is 0. The van der Waals surface area contributed by atoms with Crippen molar-refractivity contribution in [3.05, 3.63) is 23.7 Å². The minimum absolute atomic E-state index is 0. The minimum atomic E-state index is -5.46. The van der Waals surface area contributed by atoms with E-state index in [2.05, 4.69) is 38.0 Å². The van der Waals surface area contributed by atoms with Gasteiger partial charge in [0.1, 0.15) is 0 Å². The van der Waals surface area contributed by atoms with Crippen LogP contribution in [-0.2, 0) is 29.1 Å². The van der Waals surface area contributed by atoms with Crippen LogP contribution in [0.2, 0.25) is 0 Å². The van der Waals surface area contributed by atoms with Gasteiger partial charge in [-0.25, -0.2) is 0 Å². The third kappa shape index (κ3) is 23.6. The van der Waals surface area contributed by atoms with Crippen LogP contribution in [0.3, 0.4) is 0 Å². The second-order valence-corrected chi connectivity index (χ2v) is 6.34. The molecule has 0 spiro atoms. The Hall–Kier alpha value is -1.88. The Kier molecular flexibility index (Phi) is 18.4. The number of hydrogen-bond acceptors (Lipinski definition) is 6. The summed E-state index contributed by atoms with van der Waals surface area (Å²) in [6, 6.07) is 0. The molecule has 0 amide bonds. The molecule has 202 valence electrons. The van der Waals surface area contributed by atoms with Gasteiger partial charge in [0.05, 0.1) is 0 Å². The van der Waals surface area contributed by atoms with E-state index in [1.54, 1.807) is 0 Å². The topological polar surface area (TPSA) is 86.7 Å². The summed E-state index contributed by atoms with van der Waals surface area (Å²) in [4.78, 5) is 24.0. The van der Waals surface area contributed by atoms with Crippen molar-refractivity contribution in [1.82, 2.24) is 9.80 Å². The Morgan fingerprint density at radius 3 is 0.886 bits per heavy atom. The van der Waals surface area contributed by atoms with Crippen molar-refractivity contribution >= 4 is 11.6 Å². The third-order valence-electron chi connectivity index (χ3n) is 2.64. The predicted octanol–water partition coefficient (Wildman–Crippen LogP) is 1.96. The number of carbonyl (C=O) groups excluding carboxylic acids is 2. The summed E-state index contributed by atoms with van der Waals surface area (Å²) in [5.74, 6) is -11.3. The molecule has 0 unspecified atom stereocenters. The van der Waals surface area contributed by atoms with Gasteiger partial charge in [-0.1, -0.05) is 0 Å². The van der Waals surface area contributed by atoms with Crippen molar-refractivity contribution in [2.45, 2.75) is 24.7 Å². The first-order valence-electron chi connectivity index (χ1n) is 8.16. The van der Waals surface area contributed by atoms with E-state index in [1.165, 1.54) is 0 Å². The zero-order chi connectivity index (χ0) is 28.3. The normalized spacial score (nSPS) is 13.3. The number of halogens is 12. The molecule has 0 aliphatic rings. The average Bonchev–Trinajstić information content (AvgIpc) is 2.57. The van der Waals surface area contributed by atoms with E-state index in [0.29, 0.717) is 0 Å². The molecule has 0 radical (unpaired) electrons. The van der Waals surface area contributed by atoms with E-state index in [1.807, 2.05) is 0 Å². The molecule has 0 aromatic heterocycles. The molecule has 35 heavy (non-hydrogen) atoms. The van der Waals surface area contributed by atoms with Crippen molar-refractivity contribution in [2.75, 3.05) is 41.3 Å². The van der Waals surface area contributed by atoms with Gasteiger partial charge < -0.3 is 20.0 Å². The number of carbonyl (C=O) groups is 2. The monoisotopic (exact) mass is 594 g/mol. The summed E-state index contributed by atoms with van der Waals surface area (Å²) in [6.45, 7) is 2.29. The first-order chi connectivity index (χ1) is 14.7. The smallest absolute Gasteiger partial charge is 0.869 e. The molecule has 19 heteroatoms. The number of nitrogens with zero attached hydrogens (tertiary/aromatic N) is 2. The fourth-order valence-corrected chi connectivity index (χ4v) is 0.965. The summed E-state index contributed by atoms with van der Waals surface area (Å²) in [7, 11) is 8.35. The van der Waals surface area contributed by atoms with Crippen LogP contribution in [-0.4, -0.2) is 87.4 Å². The summed E-state index contributed by atoms with van der Waals surface area (Å²) in [5.41, 5.74) is 0. The van der Waals surface area contributed by atoms with Crippen LogP contribution in [0.1, 0.15) is 0 Å². The van der Waals surface area contributed by atoms with Crippen molar-refractivity contribution in [3.8, 4) is 0 Å². The number of rotatable bonds is 5. The first-order valence-corrected chi connectivity index (χ1v) is 8.16. The van der Waals surface area contributed by atoms with Crippen LogP contribution >= 0.6 is 0 Å². The van der Waals surface area contributed by atoms with E-state index in [4.69, 9.17) is 0 Å². The Morgan fingerprint density at radius 2 is 0.771 bits per heavy atom. The molecule has 0 N–H and O–H groups in total. The zero-order valence-corrected chi connectivity index (χ0v) is 21.3. The molecule has 0 saturated carbocycles. The van der Waals surface area contributed by atoms with E-state index in [-0.39, 0.29) is 19.5 Å². The van der Waals surface area contributed by atoms with E-state index in [9.17, 15) is 72.5 Å². The largest absolute Gasteiger partial charge is 2.00 e. The van der Waals surface area contributed by atoms with Gasteiger partial charge in [0, 0.05) is 13.1 Å². The molecule has 0 rings (SSSR count). The fraction of sp³-hybridized carbons (Fsp3) is 0.625. The van der Waals surface area contributed by atoms with Gasteiger partial charge in [0.15, 0.2) is 0 Å². The second kappa shape index (κ2) is 16.0. The molecule has 0 heterocycles. The number of allylic oxidation sites excluding steroid dienone is 4. The van der Waals surface area contributed by atoms with Gasteiger partial charge in [0.25, 0.3) is 11.6 Å². The van der Waals surface area contributed by atoms with Crippen molar-refractivity contribution in [1.29, 1.82) is 0 Å². The van der Waals surface area contributed by atoms with Crippen molar-refractivity contribution < 1.29 is 92.0 Å². The average molecular weight is 596 g/mol. The van der Waals surface area contributed by atoms with Gasteiger partial charge in [-0.15, -0.1) is 0 Å². The van der Waals surface area contributed by atoms with Crippen LogP contribution in [0.25, 0.3) is 0 Å². The number of ketones is 2. The molecular formula is C16H18F12N2O4Zn. The van der Waals surface area contributed by atoms with Crippen LogP contribution < -0.4 is 10.2 Å². The van der Waals surface area contributed by atoms with Gasteiger partial charge in [0.2, 0.25) is 0 Å². The van der Waals surface area contributed by atoms with Gasteiger partial charge in [-0.05, 0) is 51.9 Å². The molecule has 0 bridgehead atoms. The van der Waals surface area contributed by atoms with Crippen LogP contribution in [0.5, 0.6) is 0 Å². The molecule has 0 aliphatic heterocycles. The van der Waals surface area contributed by atoms with E-state index < -0.39 is 59.9 Å². The Morgan fingerprint density at radius 1 is 0.571 bits per heavy atom. The molecule has 0 atom stereocenters. The van der Waals surface area contributed by atoms with Crippen molar-refractivity contribution in [2.24, 2.45) is 0 Å². The van der Waals surface area contributed by atoms with Crippen molar-refractivity contribution in [3.63, 3.8) is 0 Å².